The molecule has 0 saturated carbocycles. The average Bonchev–Trinajstić information content (AvgIpc) is 2.78. The fourth-order valence-electron chi connectivity index (χ4n) is 3.21. The van der Waals surface area contributed by atoms with Crippen LogP contribution in [-0.2, 0) is 0 Å². The zero-order chi connectivity index (χ0) is 20.8. The van der Waals surface area contributed by atoms with Crippen LogP contribution in [0.3, 0.4) is 0 Å². The maximum absolute atomic E-state index is 3.43. The molecule has 0 radical (unpaired) electrons. The molecule has 4 rings (SSSR count). The minimum absolute atomic E-state index is 1.07. The summed E-state index contributed by atoms with van der Waals surface area (Å²) in [6, 6.07) is 25.1. The largest absolute Gasteiger partial charge is 0.388 e. The molecule has 0 aromatic heterocycles. The van der Waals surface area contributed by atoms with Gasteiger partial charge >= 0.3 is 0 Å². The number of benzene rings is 3. The lowest BCUT2D eigenvalue weighted by Gasteiger charge is -2.08. The summed E-state index contributed by atoms with van der Waals surface area (Å²) in [5.74, 6) is 0. The maximum Gasteiger partial charge on any atom is 0.203 e. The third-order valence-corrected chi connectivity index (χ3v) is 4.96. The Morgan fingerprint density at radius 1 is 0.667 bits per heavy atom. The predicted molar refractivity (Wildman–Crippen MR) is 129 cm³/mol. The van der Waals surface area contributed by atoms with Gasteiger partial charge in [0.15, 0.2) is 0 Å². The van der Waals surface area contributed by atoms with Crippen molar-refractivity contribution < 1.29 is 4.99 Å². The van der Waals surface area contributed by atoms with E-state index in [1.54, 1.807) is 0 Å². The van der Waals surface area contributed by atoms with Gasteiger partial charge in [0.1, 0.15) is 0 Å². The Kier molecular flexibility index (Phi) is 5.90. The van der Waals surface area contributed by atoms with E-state index in [1.165, 1.54) is 16.7 Å². The minimum Gasteiger partial charge on any atom is -0.388 e. The van der Waals surface area contributed by atoms with Crippen molar-refractivity contribution >= 4 is 34.5 Å². The molecule has 0 fully saturated rings. The number of nitrogens with one attached hydrogen (secondary N) is 3. The van der Waals surface area contributed by atoms with E-state index in [0.717, 1.165) is 28.5 Å². The molecule has 3 aromatic rings. The van der Waals surface area contributed by atoms with E-state index in [0.29, 0.717) is 0 Å². The molecule has 0 aliphatic heterocycles. The van der Waals surface area contributed by atoms with Crippen LogP contribution in [0.4, 0.5) is 22.7 Å². The van der Waals surface area contributed by atoms with Crippen LogP contribution >= 0.6 is 0 Å². The number of aryl methyl sites for hydroxylation is 1. The van der Waals surface area contributed by atoms with Gasteiger partial charge in [-0.15, -0.1) is 0 Å². The highest BCUT2D eigenvalue weighted by Crippen LogP contribution is 2.20. The summed E-state index contributed by atoms with van der Waals surface area (Å²) >= 11 is 0. The SMILES string of the molecule is CNc1ccc(Nc2ccc(C=C3C=CC(=[NH+]c4ccc(C)cc4)C=C3)cc2)cc1. The summed E-state index contributed by atoms with van der Waals surface area (Å²) in [7, 11) is 1.92. The lowest BCUT2D eigenvalue weighted by molar-refractivity contribution is -0.351. The van der Waals surface area contributed by atoms with Gasteiger partial charge in [0.2, 0.25) is 11.4 Å². The van der Waals surface area contributed by atoms with E-state index in [1.807, 2.05) is 7.05 Å². The number of anilines is 3. The first-order valence-corrected chi connectivity index (χ1v) is 10.1. The van der Waals surface area contributed by atoms with Crippen LogP contribution in [0.1, 0.15) is 11.1 Å². The number of rotatable bonds is 5. The lowest BCUT2D eigenvalue weighted by atomic mass is 10.0. The Hall–Kier alpha value is -3.85. The molecule has 0 heterocycles. The van der Waals surface area contributed by atoms with E-state index in [4.69, 9.17) is 0 Å². The number of hydrogen-bond donors (Lipinski definition) is 3. The molecule has 1 aliphatic carbocycles. The summed E-state index contributed by atoms with van der Waals surface area (Å²) in [4.78, 5) is 3.43. The summed E-state index contributed by atoms with van der Waals surface area (Å²) in [5, 5.41) is 6.56. The molecule has 3 nitrogen and oxygen atoms in total. The third-order valence-electron chi connectivity index (χ3n) is 4.96. The Balaban J connectivity index is 1.40. The highest BCUT2D eigenvalue weighted by molar-refractivity contribution is 6.02. The fourth-order valence-corrected chi connectivity index (χ4v) is 3.21. The highest BCUT2D eigenvalue weighted by atomic mass is 14.9. The molecule has 3 heteroatoms. The topological polar surface area (TPSA) is 38.0 Å². The molecule has 3 aromatic carbocycles. The fraction of sp³-hybridized carbons (Fsp3) is 0.0741. The van der Waals surface area contributed by atoms with E-state index < -0.39 is 0 Å². The summed E-state index contributed by atoms with van der Waals surface area (Å²) in [6.07, 6.45) is 10.7. The Morgan fingerprint density at radius 3 is 1.83 bits per heavy atom. The van der Waals surface area contributed by atoms with E-state index >= 15 is 0 Å². The van der Waals surface area contributed by atoms with Crippen LogP contribution in [0.5, 0.6) is 0 Å². The van der Waals surface area contributed by atoms with Gasteiger partial charge in [-0.3, -0.25) is 0 Å². The maximum atomic E-state index is 3.43. The van der Waals surface area contributed by atoms with Crippen molar-refractivity contribution in [3.63, 3.8) is 0 Å². The molecule has 0 amide bonds. The highest BCUT2D eigenvalue weighted by Gasteiger charge is 2.05. The van der Waals surface area contributed by atoms with Gasteiger partial charge in [-0.05, 0) is 72.7 Å². The Morgan fingerprint density at radius 2 is 1.23 bits per heavy atom. The Bertz CT molecular complexity index is 1100. The Labute approximate surface area is 178 Å². The second-order valence-electron chi connectivity index (χ2n) is 7.33. The summed E-state index contributed by atoms with van der Waals surface area (Å²) in [5.41, 5.74) is 9.03. The van der Waals surface area contributed by atoms with Crippen LogP contribution in [0.2, 0.25) is 0 Å². The van der Waals surface area contributed by atoms with E-state index in [-0.39, 0.29) is 0 Å². The van der Waals surface area contributed by atoms with E-state index in [9.17, 15) is 0 Å². The molecule has 30 heavy (non-hydrogen) atoms. The molecule has 0 unspecified atom stereocenters. The van der Waals surface area contributed by atoms with Gasteiger partial charge in [-0.2, -0.15) is 0 Å². The normalized spacial score (nSPS) is 12.6. The zero-order valence-corrected chi connectivity index (χ0v) is 17.3. The van der Waals surface area contributed by atoms with Crippen molar-refractivity contribution in [1.29, 1.82) is 0 Å². The van der Waals surface area contributed by atoms with Gasteiger partial charge in [0.25, 0.3) is 0 Å². The zero-order valence-electron chi connectivity index (χ0n) is 17.3. The molecule has 0 bridgehead atoms. The van der Waals surface area contributed by atoms with E-state index in [2.05, 4.69) is 126 Å². The van der Waals surface area contributed by atoms with Gasteiger partial charge < -0.3 is 10.6 Å². The first kappa shape index (κ1) is 19.5. The van der Waals surface area contributed by atoms with Crippen molar-refractivity contribution in [2.24, 2.45) is 0 Å². The van der Waals surface area contributed by atoms with Crippen molar-refractivity contribution in [3.8, 4) is 0 Å². The minimum atomic E-state index is 1.07. The van der Waals surface area contributed by atoms with Gasteiger partial charge in [-0.1, -0.05) is 29.8 Å². The van der Waals surface area contributed by atoms with Crippen LogP contribution < -0.4 is 15.6 Å². The molecule has 0 atom stereocenters. The second-order valence-corrected chi connectivity index (χ2v) is 7.33. The average molecular weight is 393 g/mol. The molecule has 3 N–H and O–H groups in total. The quantitative estimate of drug-likeness (QED) is 0.562. The first-order chi connectivity index (χ1) is 14.7. The monoisotopic (exact) mass is 392 g/mol. The smallest absolute Gasteiger partial charge is 0.203 e. The van der Waals surface area contributed by atoms with Crippen molar-refractivity contribution in [2.45, 2.75) is 6.92 Å². The predicted octanol–water partition coefficient (Wildman–Crippen LogP) is 5.14. The van der Waals surface area contributed by atoms with Gasteiger partial charge in [-0.25, -0.2) is 4.99 Å². The number of hydrogen-bond acceptors (Lipinski definition) is 2. The molecule has 0 saturated heterocycles. The second kappa shape index (κ2) is 9.10. The molecular weight excluding hydrogens is 366 g/mol. The van der Waals surface area contributed by atoms with Crippen LogP contribution in [0.15, 0.2) is 103 Å². The van der Waals surface area contributed by atoms with Crippen LogP contribution in [-0.4, -0.2) is 12.8 Å². The van der Waals surface area contributed by atoms with Gasteiger partial charge in [0, 0.05) is 48.4 Å². The van der Waals surface area contributed by atoms with Gasteiger partial charge in [0.05, 0.1) is 0 Å². The molecule has 1 aliphatic rings. The molecule has 0 spiro atoms. The van der Waals surface area contributed by atoms with Crippen molar-refractivity contribution in [2.75, 3.05) is 17.7 Å². The molecule has 148 valence electrons. The lowest BCUT2D eigenvalue weighted by Crippen LogP contribution is -2.65. The first-order valence-electron chi connectivity index (χ1n) is 10.1. The van der Waals surface area contributed by atoms with Crippen LogP contribution in [0, 0.1) is 6.92 Å². The molecular formula is C27H26N3+. The van der Waals surface area contributed by atoms with Crippen molar-refractivity contribution in [3.05, 3.63) is 114 Å². The summed E-state index contributed by atoms with van der Waals surface area (Å²) in [6.45, 7) is 2.10. The summed E-state index contributed by atoms with van der Waals surface area (Å²) < 4.78 is 0. The third kappa shape index (κ3) is 5.15. The van der Waals surface area contributed by atoms with Crippen molar-refractivity contribution in [1.82, 2.24) is 0 Å². The van der Waals surface area contributed by atoms with Crippen LogP contribution in [0.25, 0.3) is 6.08 Å². The number of allylic oxidation sites excluding steroid dienone is 5. The standard InChI is InChI=1S/C27H25N3/c1-20-3-9-24(10-4-20)29-25-11-5-21(6-12-25)19-22-7-13-26(14-8-22)30-27-17-15-23(28-2)16-18-27/h3-19,28,30H,1-2H3/p+1.